The van der Waals surface area contributed by atoms with Crippen LogP contribution < -0.4 is 5.32 Å². The highest BCUT2D eigenvalue weighted by Crippen LogP contribution is 2.29. The molecule has 1 atom stereocenters. The Kier molecular flexibility index (Phi) is 8.14. The Bertz CT molecular complexity index is 592. The fourth-order valence-electron chi connectivity index (χ4n) is 3.82. The van der Waals surface area contributed by atoms with Crippen molar-refractivity contribution in [1.29, 1.82) is 0 Å². The van der Waals surface area contributed by atoms with Crippen LogP contribution in [0.5, 0.6) is 0 Å². The van der Waals surface area contributed by atoms with Crippen molar-refractivity contribution < 1.29 is 4.79 Å². The van der Waals surface area contributed by atoms with Gasteiger partial charge in [-0.05, 0) is 49.9 Å². The number of rotatable bonds is 8. The number of carbonyl (C=O) groups is 1. The third-order valence-corrected chi connectivity index (χ3v) is 6.15. The Morgan fingerprint density at radius 3 is 2.26 bits per heavy atom. The number of benzene rings is 1. The van der Waals surface area contributed by atoms with Crippen LogP contribution in [-0.4, -0.2) is 60.5 Å². The Labute approximate surface area is 170 Å². The number of nitrogens with zero attached hydrogens (tertiary/aromatic N) is 2. The molecule has 1 aliphatic rings. The predicted molar refractivity (Wildman–Crippen MR) is 114 cm³/mol. The van der Waals surface area contributed by atoms with E-state index < -0.39 is 0 Å². The zero-order chi connectivity index (χ0) is 20.0. The van der Waals surface area contributed by atoms with Crippen LogP contribution in [0.3, 0.4) is 0 Å². The summed E-state index contributed by atoms with van der Waals surface area (Å²) in [6.45, 7) is 17.2. The van der Waals surface area contributed by atoms with Crippen molar-refractivity contribution in [3.63, 3.8) is 0 Å². The minimum absolute atomic E-state index is 0.0247. The minimum Gasteiger partial charge on any atom is -0.354 e. The van der Waals surface area contributed by atoms with E-state index in [0.717, 1.165) is 37.7 Å². The highest BCUT2D eigenvalue weighted by atomic mass is 35.5. The Morgan fingerprint density at radius 2 is 1.74 bits per heavy atom. The molecule has 1 saturated heterocycles. The van der Waals surface area contributed by atoms with Crippen LogP contribution in [0.25, 0.3) is 0 Å². The van der Waals surface area contributed by atoms with Crippen LogP contribution in [0.15, 0.2) is 24.3 Å². The molecule has 5 heteroatoms. The lowest BCUT2D eigenvalue weighted by molar-refractivity contribution is -0.122. The summed E-state index contributed by atoms with van der Waals surface area (Å²) in [5.41, 5.74) is 1.16. The highest BCUT2D eigenvalue weighted by molar-refractivity contribution is 6.30. The minimum atomic E-state index is -0.0247. The van der Waals surface area contributed by atoms with E-state index in [4.69, 9.17) is 11.6 Å². The molecule has 1 aromatic rings. The van der Waals surface area contributed by atoms with E-state index >= 15 is 0 Å². The monoisotopic (exact) mass is 393 g/mol. The fraction of sp³-hybridized carbons (Fsp3) is 0.682. The van der Waals surface area contributed by atoms with E-state index in [1.807, 2.05) is 24.3 Å². The Hall–Kier alpha value is -1.10. The van der Waals surface area contributed by atoms with Crippen molar-refractivity contribution in [3.05, 3.63) is 34.9 Å². The molecule has 0 radical (unpaired) electrons. The van der Waals surface area contributed by atoms with Gasteiger partial charge in [-0.2, -0.15) is 0 Å². The number of hydrogen-bond donors (Lipinski definition) is 1. The van der Waals surface area contributed by atoms with Gasteiger partial charge in [0.15, 0.2) is 0 Å². The second-order valence-corrected chi connectivity index (χ2v) is 9.05. The van der Waals surface area contributed by atoms with Gasteiger partial charge in [0.25, 0.3) is 0 Å². The SMILES string of the molecule is CCN1CCN(C(C)(C)CNC(=O)CC(c2ccc(Cl)cc2)C(C)C)CC1. The maximum Gasteiger partial charge on any atom is 0.220 e. The summed E-state index contributed by atoms with van der Waals surface area (Å²) < 4.78 is 0. The van der Waals surface area contributed by atoms with Gasteiger partial charge in [0.2, 0.25) is 5.91 Å². The van der Waals surface area contributed by atoms with Crippen molar-refractivity contribution in [2.24, 2.45) is 5.92 Å². The van der Waals surface area contributed by atoms with E-state index in [1.54, 1.807) is 0 Å². The maximum absolute atomic E-state index is 12.7. The van der Waals surface area contributed by atoms with Gasteiger partial charge in [0.05, 0.1) is 0 Å². The molecule has 2 rings (SSSR count). The molecule has 1 heterocycles. The first-order chi connectivity index (χ1) is 12.7. The number of halogens is 1. The van der Waals surface area contributed by atoms with Crippen molar-refractivity contribution >= 4 is 17.5 Å². The molecule has 1 unspecified atom stereocenters. The van der Waals surface area contributed by atoms with Crippen LogP contribution in [0.2, 0.25) is 5.02 Å². The number of amides is 1. The number of piperazine rings is 1. The molecule has 1 N–H and O–H groups in total. The zero-order valence-electron chi connectivity index (χ0n) is 17.6. The van der Waals surface area contributed by atoms with Gasteiger partial charge >= 0.3 is 0 Å². The highest BCUT2D eigenvalue weighted by Gasteiger charge is 2.30. The third kappa shape index (κ3) is 6.48. The average molecular weight is 394 g/mol. The van der Waals surface area contributed by atoms with Crippen molar-refractivity contribution in [2.45, 2.75) is 52.5 Å². The first-order valence-electron chi connectivity index (χ1n) is 10.2. The molecule has 0 aromatic heterocycles. The third-order valence-electron chi connectivity index (χ3n) is 5.90. The van der Waals surface area contributed by atoms with Gasteiger partial charge in [-0.25, -0.2) is 0 Å². The van der Waals surface area contributed by atoms with Crippen LogP contribution in [0.4, 0.5) is 0 Å². The van der Waals surface area contributed by atoms with E-state index in [2.05, 4.69) is 49.7 Å². The van der Waals surface area contributed by atoms with Crippen molar-refractivity contribution in [3.8, 4) is 0 Å². The summed E-state index contributed by atoms with van der Waals surface area (Å²) in [6.07, 6.45) is 0.513. The van der Waals surface area contributed by atoms with Crippen LogP contribution in [-0.2, 0) is 4.79 Å². The quantitative estimate of drug-likeness (QED) is 0.725. The van der Waals surface area contributed by atoms with Gasteiger partial charge in [-0.3, -0.25) is 9.69 Å². The van der Waals surface area contributed by atoms with Crippen molar-refractivity contribution in [1.82, 2.24) is 15.1 Å². The number of nitrogens with one attached hydrogen (secondary N) is 1. The topological polar surface area (TPSA) is 35.6 Å². The molecule has 1 aliphatic heterocycles. The van der Waals surface area contributed by atoms with E-state index in [9.17, 15) is 4.79 Å². The summed E-state index contributed by atoms with van der Waals surface area (Å²) in [6, 6.07) is 7.89. The lowest BCUT2D eigenvalue weighted by atomic mass is 9.85. The molecule has 152 valence electrons. The summed E-state index contributed by atoms with van der Waals surface area (Å²) in [5.74, 6) is 0.731. The average Bonchev–Trinajstić information content (AvgIpc) is 2.65. The molecule has 0 saturated carbocycles. The smallest absolute Gasteiger partial charge is 0.220 e. The van der Waals surface area contributed by atoms with Gasteiger partial charge in [-0.15, -0.1) is 0 Å². The second kappa shape index (κ2) is 9.90. The van der Waals surface area contributed by atoms with Crippen LogP contribution >= 0.6 is 11.6 Å². The summed E-state index contributed by atoms with van der Waals surface area (Å²) in [7, 11) is 0. The maximum atomic E-state index is 12.7. The van der Waals surface area contributed by atoms with Gasteiger partial charge in [-0.1, -0.05) is 44.5 Å². The van der Waals surface area contributed by atoms with Gasteiger partial charge in [0, 0.05) is 49.7 Å². The molecule has 0 aliphatic carbocycles. The molecule has 0 spiro atoms. The summed E-state index contributed by atoms with van der Waals surface area (Å²) in [4.78, 5) is 17.6. The fourth-order valence-corrected chi connectivity index (χ4v) is 3.94. The summed E-state index contributed by atoms with van der Waals surface area (Å²) in [5, 5.41) is 3.92. The number of hydrogen-bond acceptors (Lipinski definition) is 3. The molecular weight excluding hydrogens is 358 g/mol. The molecular formula is C22H36ClN3O. The number of likely N-dealkylation sites (N-methyl/N-ethyl adjacent to an activating group) is 1. The molecule has 1 aromatic carbocycles. The van der Waals surface area contributed by atoms with Gasteiger partial charge in [0.1, 0.15) is 0 Å². The van der Waals surface area contributed by atoms with E-state index in [1.165, 1.54) is 5.56 Å². The largest absolute Gasteiger partial charge is 0.354 e. The van der Waals surface area contributed by atoms with Crippen LogP contribution in [0.1, 0.15) is 52.5 Å². The normalized spacial score (nSPS) is 17.9. The molecule has 27 heavy (non-hydrogen) atoms. The molecule has 1 amide bonds. The molecule has 4 nitrogen and oxygen atoms in total. The first kappa shape index (κ1) is 22.2. The Morgan fingerprint density at radius 1 is 1.15 bits per heavy atom. The van der Waals surface area contributed by atoms with E-state index in [-0.39, 0.29) is 17.4 Å². The lowest BCUT2D eigenvalue weighted by Crippen LogP contribution is -2.58. The van der Waals surface area contributed by atoms with Gasteiger partial charge < -0.3 is 10.2 Å². The van der Waals surface area contributed by atoms with Crippen molar-refractivity contribution in [2.75, 3.05) is 39.3 Å². The number of carbonyl (C=O) groups excluding carboxylic acids is 1. The first-order valence-corrected chi connectivity index (χ1v) is 10.6. The standard InChI is InChI=1S/C22H36ClN3O/c1-6-25-11-13-26(14-12-25)22(4,5)16-24-21(27)15-20(17(2)3)18-7-9-19(23)10-8-18/h7-10,17,20H,6,11-16H2,1-5H3,(H,24,27). The molecule has 0 bridgehead atoms. The predicted octanol–water partition coefficient (Wildman–Crippen LogP) is 4.00. The Balaban J connectivity index is 1.88. The van der Waals surface area contributed by atoms with E-state index in [0.29, 0.717) is 18.9 Å². The lowest BCUT2D eigenvalue weighted by Gasteiger charge is -2.44. The van der Waals surface area contributed by atoms with Crippen LogP contribution in [0, 0.1) is 5.92 Å². The molecule has 1 fully saturated rings. The second-order valence-electron chi connectivity index (χ2n) is 8.62. The summed E-state index contributed by atoms with van der Waals surface area (Å²) >= 11 is 6.01. The zero-order valence-corrected chi connectivity index (χ0v) is 18.4.